The highest BCUT2D eigenvalue weighted by atomic mass is 32.2. The van der Waals surface area contributed by atoms with E-state index < -0.39 is 40.9 Å². The van der Waals surface area contributed by atoms with E-state index in [1.165, 1.54) is 35.6 Å². The number of hydrogen-bond donors (Lipinski definition) is 2. The van der Waals surface area contributed by atoms with Gasteiger partial charge in [0.15, 0.2) is 5.82 Å². The van der Waals surface area contributed by atoms with Crippen LogP contribution in [0.1, 0.15) is 67.1 Å². The van der Waals surface area contributed by atoms with Crippen LogP contribution in [0.5, 0.6) is 0 Å². The Morgan fingerprint density at radius 1 is 0.877 bits per heavy atom. The number of carbonyl (C=O) groups is 1. The summed E-state index contributed by atoms with van der Waals surface area (Å²) in [5.41, 5.74) is 2.06. The Balaban J connectivity index is 1.04. The van der Waals surface area contributed by atoms with Crippen LogP contribution in [0.4, 0.5) is 14.5 Å². The molecule has 1 fully saturated rings. The van der Waals surface area contributed by atoms with Gasteiger partial charge in [0.2, 0.25) is 0 Å². The summed E-state index contributed by atoms with van der Waals surface area (Å²) in [5, 5.41) is 3.62. The van der Waals surface area contributed by atoms with E-state index in [0.29, 0.717) is 40.4 Å². The molecule has 3 aromatic carbocycles. The topological polar surface area (TPSA) is 155 Å². The molecule has 0 amide bonds. The van der Waals surface area contributed by atoms with Crippen LogP contribution in [-0.4, -0.2) is 54.8 Å². The van der Waals surface area contributed by atoms with Crippen LogP contribution in [0.25, 0.3) is 27.8 Å². The molecule has 7 aromatic rings. The number of carbonyl (C=O) groups excluding carboxylic acids is 1. The second-order valence-corrected chi connectivity index (χ2v) is 16.9. The lowest BCUT2D eigenvalue weighted by Gasteiger charge is -2.27. The molecule has 4 aromatic heterocycles. The van der Waals surface area contributed by atoms with Crippen LogP contribution in [-0.2, 0) is 34.3 Å². The van der Waals surface area contributed by atoms with E-state index >= 15 is 8.78 Å². The molecule has 334 valence electrons. The molecule has 0 radical (unpaired) electrons. The fourth-order valence-electron chi connectivity index (χ4n) is 8.13. The standard InChI is InChI=1S/C49H48F2N8O5S/c1-58-43-29-52-21-19-37(43)47(60)59(49(58)62)45-18-13-32(26-55-45)23-42(48(61)64-22-20-31-9-5-3-6-10-31)56-46(34-11-7-4-8-12-34)38-24-40(51)41(25-39(38)50)57-65-36-16-14-33(15-17-36)35-27-53-44(30-63-2)54-28-35/h4,7-8,11-19,21,24-29,31,42,46,56-57H,3,5-6,9-10,20,22-23,30H2,1-2H3/t42-,46?/m0/s1. The minimum absolute atomic E-state index is 0.0115. The predicted octanol–water partition coefficient (Wildman–Crippen LogP) is 8.28. The van der Waals surface area contributed by atoms with Crippen LogP contribution < -0.4 is 21.3 Å². The number of aryl methyl sites for hydroxylation is 1. The maximum atomic E-state index is 16.4. The highest BCUT2D eigenvalue weighted by Crippen LogP contribution is 2.33. The molecule has 8 rings (SSSR count). The molecule has 65 heavy (non-hydrogen) atoms. The average Bonchev–Trinajstić information content (AvgIpc) is 3.34. The van der Waals surface area contributed by atoms with Crippen molar-refractivity contribution in [3.63, 3.8) is 0 Å². The normalized spacial score (nSPS) is 14.0. The van der Waals surface area contributed by atoms with E-state index in [9.17, 15) is 14.4 Å². The number of nitrogens with zero attached hydrogens (tertiary/aromatic N) is 6. The number of esters is 1. The number of rotatable bonds is 17. The number of fused-ring (bicyclic) bond motifs is 1. The highest BCUT2D eigenvalue weighted by molar-refractivity contribution is 8.00. The van der Waals surface area contributed by atoms with E-state index in [2.05, 4.69) is 30.0 Å². The molecule has 0 spiro atoms. The number of methoxy groups -OCH3 is 1. The van der Waals surface area contributed by atoms with Gasteiger partial charge in [-0.25, -0.2) is 33.1 Å². The lowest BCUT2D eigenvalue weighted by atomic mass is 9.87. The van der Waals surface area contributed by atoms with Crippen molar-refractivity contribution in [1.29, 1.82) is 0 Å². The Bertz CT molecular complexity index is 2860. The summed E-state index contributed by atoms with van der Waals surface area (Å²) in [5.74, 6) is -0.804. The molecule has 16 heteroatoms. The minimum atomic E-state index is -1.04. The Labute approximate surface area is 378 Å². The summed E-state index contributed by atoms with van der Waals surface area (Å²) in [4.78, 5) is 58.8. The van der Waals surface area contributed by atoms with Crippen molar-refractivity contribution in [3.8, 4) is 16.9 Å². The average molecular weight is 899 g/mol. The monoisotopic (exact) mass is 898 g/mol. The van der Waals surface area contributed by atoms with Crippen LogP contribution >= 0.6 is 11.9 Å². The van der Waals surface area contributed by atoms with Gasteiger partial charge in [-0.05, 0) is 77.7 Å². The zero-order chi connectivity index (χ0) is 45.3. The number of benzene rings is 3. The Kier molecular flexibility index (Phi) is 14.5. The van der Waals surface area contributed by atoms with Gasteiger partial charge in [0, 0.05) is 61.0 Å². The van der Waals surface area contributed by atoms with E-state index in [1.54, 1.807) is 62.9 Å². The second-order valence-electron chi connectivity index (χ2n) is 16.0. The fraction of sp³-hybridized carbons (Fsp3) is 0.286. The highest BCUT2D eigenvalue weighted by Gasteiger charge is 2.29. The molecular weight excluding hydrogens is 851 g/mol. The van der Waals surface area contributed by atoms with E-state index in [0.717, 1.165) is 76.8 Å². The maximum Gasteiger partial charge on any atom is 0.337 e. The third-order valence-corrected chi connectivity index (χ3v) is 12.5. The zero-order valence-electron chi connectivity index (χ0n) is 36.0. The largest absolute Gasteiger partial charge is 0.465 e. The first-order chi connectivity index (χ1) is 31.7. The van der Waals surface area contributed by atoms with Gasteiger partial charge in [-0.15, -0.1) is 0 Å². The summed E-state index contributed by atoms with van der Waals surface area (Å²) in [7, 11) is 3.13. The van der Waals surface area contributed by atoms with Crippen molar-refractivity contribution in [2.75, 3.05) is 18.4 Å². The number of anilines is 1. The van der Waals surface area contributed by atoms with Crippen molar-refractivity contribution in [2.45, 2.75) is 68.5 Å². The first kappa shape index (κ1) is 45.0. The number of nitrogens with one attached hydrogen (secondary N) is 2. The summed E-state index contributed by atoms with van der Waals surface area (Å²) in [6.07, 6.45) is 14.3. The van der Waals surface area contributed by atoms with Gasteiger partial charge >= 0.3 is 11.7 Å². The summed E-state index contributed by atoms with van der Waals surface area (Å²) in [6.45, 7) is 0.536. The van der Waals surface area contributed by atoms with Crippen LogP contribution in [0, 0.1) is 17.6 Å². The molecule has 0 saturated heterocycles. The molecule has 1 saturated carbocycles. The Hall–Kier alpha value is -6.62. The Morgan fingerprint density at radius 2 is 1.65 bits per heavy atom. The van der Waals surface area contributed by atoms with E-state index in [-0.39, 0.29) is 30.1 Å². The molecule has 2 N–H and O–H groups in total. The van der Waals surface area contributed by atoms with Gasteiger partial charge in [0.25, 0.3) is 5.56 Å². The van der Waals surface area contributed by atoms with Crippen molar-refractivity contribution < 1.29 is 23.0 Å². The molecule has 13 nitrogen and oxygen atoms in total. The SMILES string of the molecule is COCc1ncc(-c2ccc(SNc3cc(F)c(C(N[C@@H](Cc4ccc(-n5c(=O)c6ccncc6n(C)c5=O)nc4)C(=O)OCCC4CCCCC4)c4ccccc4)cc3F)cc2)cn1. The predicted molar refractivity (Wildman–Crippen MR) is 245 cm³/mol. The van der Waals surface area contributed by atoms with Crippen LogP contribution in [0.2, 0.25) is 0 Å². The molecule has 4 heterocycles. The molecule has 1 aliphatic carbocycles. The molecule has 1 aliphatic rings. The van der Waals surface area contributed by atoms with E-state index in [4.69, 9.17) is 9.47 Å². The number of pyridine rings is 2. The van der Waals surface area contributed by atoms with Gasteiger partial charge in [-0.1, -0.05) is 80.6 Å². The van der Waals surface area contributed by atoms with Gasteiger partial charge < -0.3 is 14.2 Å². The summed E-state index contributed by atoms with van der Waals surface area (Å²) in [6, 6.07) is 21.4. The van der Waals surface area contributed by atoms with Crippen LogP contribution in [0.3, 0.4) is 0 Å². The smallest absolute Gasteiger partial charge is 0.337 e. The Morgan fingerprint density at radius 3 is 2.37 bits per heavy atom. The third-order valence-electron chi connectivity index (χ3n) is 11.7. The molecule has 0 bridgehead atoms. The van der Waals surface area contributed by atoms with Gasteiger partial charge in [0.1, 0.15) is 30.1 Å². The van der Waals surface area contributed by atoms with Gasteiger partial charge in [-0.2, -0.15) is 0 Å². The molecule has 2 atom stereocenters. The maximum absolute atomic E-state index is 16.4. The number of halogens is 2. The first-order valence-electron chi connectivity index (χ1n) is 21.5. The molecular formula is C49H48F2N8O5S. The number of hydrogen-bond acceptors (Lipinski definition) is 12. The summed E-state index contributed by atoms with van der Waals surface area (Å²) < 4.78 is 48.8. The quantitative estimate of drug-likeness (QED) is 0.0668. The minimum Gasteiger partial charge on any atom is -0.465 e. The number of aromatic nitrogens is 6. The lowest BCUT2D eigenvalue weighted by Crippen LogP contribution is -2.43. The van der Waals surface area contributed by atoms with E-state index in [1.807, 2.05) is 30.3 Å². The van der Waals surface area contributed by atoms with Crippen molar-refractivity contribution in [2.24, 2.45) is 13.0 Å². The van der Waals surface area contributed by atoms with Crippen LogP contribution in [0.15, 0.2) is 130 Å². The van der Waals surface area contributed by atoms with Crippen molar-refractivity contribution >= 4 is 34.5 Å². The number of ether oxygens (including phenoxy) is 2. The van der Waals surface area contributed by atoms with Crippen molar-refractivity contribution in [3.05, 3.63) is 171 Å². The zero-order valence-corrected chi connectivity index (χ0v) is 36.8. The first-order valence-corrected chi connectivity index (χ1v) is 22.3. The fourth-order valence-corrected chi connectivity index (χ4v) is 8.78. The van der Waals surface area contributed by atoms with Crippen molar-refractivity contribution in [1.82, 2.24) is 34.4 Å². The van der Waals surface area contributed by atoms with Gasteiger partial charge in [-0.3, -0.25) is 24.5 Å². The second kappa shape index (κ2) is 20.9. The molecule has 1 unspecified atom stereocenters. The lowest BCUT2D eigenvalue weighted by molar-refractivity contribution is -0.146. The third kappa shape index (κ3) is 10.7. The molecule has 0 aliphatic heterocycles. The summed E-state index contributed by atoms with van der Waals surface area (Å²) >= 11 is 1.13. The van der Waals surface area contributed by atoms with Gasteiger partial charge in [0.05, 0.1) is 35.4 Å².